The van der Waals surface area contributed by atoms with E-state index in [-0.39, 0.29) is 11.7 Å². The Balaban J connectivity index is 2.39. The molecule has 0 aliphatic heterocycles. The van der Waals surface area contributed by atoms with E-state index in [0.717, 1.165) is 12.8 Å². The Hall–Kier alpha value is -1.46. The summed E-state index contributed by atoms with van der Waals surface area (Å²) in [7, 11) is 2.99. The lowest BCUT2D eigenvalue weighted by atomic mass is 9.97. The summed E-state index contributed by atoms with van der Waals surface area (Å²) in [4.78, 5) is 0. The quantitative estimate of drug-likeness (QED) is 0.733. The average Bonchev–Trinajstić information content (AvgIpc) is 3.20. The summed E-state index contributed by atoms with van der Waals surface area (Å²) in [5.74, 6) is 1.15. The fourth-order valence-corrected chi connectivity index (χ4v) is 2.16. The van der Waals surface area contributed by atoms with Crippen LogP contribution in [0.1, 0.15) is 24.4 Å². The van der Waals surface area contributed by atoms with Gasteiger partial charge in [-0.15, -0.1) is 0 Å². The molecule has 1 aliphatic carbocycles. The van der Waals surface area contributed by atoms with Crippen LogP contribution < -0.4 is 15.2 Å². The second-order valence-electron chi connectivity index (χ2n) is 4.62. The van der Waals surface area contributed by atoms with Crippen LogP contribution in [0.25, 0.3) is 0 Å². The highest BCUT2D eigenvalue weighted by Crippen LogP contribution is 2.43. The van der Waals surface area contributed by atoms with Gasteiger partial charge in [0, 0.05) is 12.1 Å². The lowest BCUT2D eigenvalue weighted by Gasteiger charge is -2.23. The lowest BCUT2D eigenvalue weighted by Crippen LogP contribution is -2.28. The van der Waals surface area contributed by atoms with Gasteiger partial charge in [-0.05, 0) is 18.8 Å². The predicted molar refractivity (Wildman–Crippen MR) is 66.9 cm³/mol. The number of hydrogen-bond donors (Lipinski definition) is 3. The molecule has 1 fully saturated rings. The molecule has 0 aromatic heterocycles. The molecule has 1 aliphatic rings. The molecular weight excluding hydrogens is 234 g/mol. The van der Waals surface area contributed by atoms with Crippen LogP contribution in [-0.4, -0.2) is 30.5 Å². The van der Waals surface area contributed by atoms with Gasteiger partial charge in [-0.25, -0.2) is 0 Å². The summed E-state index contributed by atoms with van der Waals surface area (Å²) in [5.41, 5.74) is 6.69. The van der Waals surface area contributed by atoms with Crippen LogP contribution in [0.5, 0.6) is 17.2 Å². The van der Waals surface area contributed by atoms with E-state index in [0.29, 0.717) is 17.1 Å². The largest absolute Gasteiger partial charge is 0.508 e. The van der Waals surface area contributed by atoms with Gasteiger partial charge in [0.1, 0.15) is 17.2 Å². The zero-order valence-corrected chi connectivity index (χ0v) is 10.6. The molecule has 0 saturated heterocycles. The summed E-state index contributed by atoms with van der Waals surface area (Å²) in [6.07, 6.45) is 1.38. The Morgan fingerprint density at radius 2 is 1.72 bits per heavy atom. The zero-order chi connectivity index (χ0) is 13.3. The van der Waals surface area contributed by atoms with Gasteiger partial charge in [-0.1, -0.05) is 0 Å². The molecule has 100 valence electrons. The van der Waals surface area contributed by atoms with Gasteiger partial charge in [0.05, 0.1) is 31.9 Å². The number of aliphatic hydroxyl groups excluding tert-OH is 1. The molecule has 2 atom stereocenters. The molecule has 1 saturated carbocycles. The molecule has 18 heavy (non-hydrogen) atoms. The number of phenols is 1. The number of aliphatic hydroxyl groups is 1. The van der Waals surface area contributed by atoms with E-state index in [9.17, 15) is 10.2 Å². The Kier molecular flexibility index (Phi) is 3.63. The fourth-order valence-electron chi connectivity index (χ4n) is 2.16. The minimum absolute atomic E-state index is 0.0422. The molecule has 0 amide bonds. The number of rotatable bonds is 5. The van der Waals surface area contributed by atoms with E-state index in [2.05, 4.69) is 0 Å². The third-order valence-corrected chi connectivity index (χ3v) is 3.33. The van der Waals surface area contributed by atoms with E-state index in [1.807, 2.05) is 0 Å². The fraction of sp³-hybridized carbons (Fsp3) is 0.538. The number of ether oxygens (including phenoxy) is 2. The Bertz CT molecular complexity index is 406. The third kappa shape index (κ3) is 2.37. The van der Waals surface area contributed by atoms with Crippen molar-refractivity contribution in [2.75, 3.05) is 14.2 Å². The van der Waals surface area contributed by atoms with E-state index >= 15 is 0 Å². The van der Waals surface area contributed by atoms with E-state index < -0.39 is 12.1 Å². The highest BCUT2D eigenvalue weighted by Gasteiger charge is 2.36. The first kappa shape index (κ1) is 13.0. The third-order valence-electron chi connectivity index (χ3n) is 3.33. The van der Waals surface area contributed by atoms with Crippen LogP contribution in [0.15, 0.2) is 12.1 Å². The van der Waals surface area contributed by atoms with E-state index in [1.165, 1.54) is 26.4 Å². The van der Waals surface area contributed by atoms with Crippen LogP contribution >= 0.6 is 0 Å². The van der Waals surface area contributed by atoms with Crippen LogP contribution in [0.3, 0.4) is 0 Å². The molecule has 0 bridgehead atoms. The number of nitrogens with two attached hydrogens (primary N) is 1. The van der Waals surface area contributed by atoms with Crippen LogP contribution in [0, 0.1) is 5.92 Å². The molecule has 1 aromatic rings. The van der Waals surface area contributed by atoms with E-state index in [1.54, 1.807) is 0 Å². The molecule has 0 heterocycles. The van der Waals surface area contributed by atoms with Crippen molar-refractivity contribution in [3.8, 4) is 17.2 Å². The van der Waals surface area contributed by atoms with Crippen molar-refractivity contribution in [3.05, 3.63) is 17.7 Å². The van der Waals surface area contributed by atoms with Crippen LogP contribution in [0.4, 0.5) is 0 Å². The highest BCUT2D eigenvalue weighted by atomic mass is 16.5. The number of benzene rings is 1. The summed E-state index contributed by atoms with van der Waals surface area (Å²) in [6, 6.07) is 2.36. The molecule has 5 nitrogen and oxygen atoms in total. The van der Waals surface area contributed by atoms with Crippen molar-refractivity contribution < 1.29 is 19.7 Å². The number of hydrogen-bond acceptors (Lipinski definition) is 5. The Morgan fingerprint density at radius 1 is 1.22 bits per heavy atom. The molecule has 1 aromatic carbocycles. The van der Waals surface area contributed by atoms with Crippen molar-refractivity contribution in [2.45, 2.75) is 25.0 Å². The second kappa shape index (κ2) is 5.04. The van der Waals surface area contributed by atoms with Gasteiger partial charge in [0.15, 0.2) is 0 Å². The van der Waals surface area contributed by atoms with Crippen LogP contribution in [0.2, 0.25) is 0 Å². The average molecular weight is 253 g/mol. The molecular formula is C13H19NO4. The normalized spacial score (nSPS) is 18.2. The van der Waals surface area contributed by atoms with Gasteiger partial charge in [0.2, 0.25) is 0 Å². The maximum Gasteiger partial charge on any atom is 0.131 e. The van der Waals surface area contributed by atoms with E-state index in [4.69, 9.17) is 15.2 Å². The standard InChI is InChI=1S/C13H19NO4/c1-17-9-5-8(15)6-10(18-2)11(9)12(14)13(16)7-3-4-7/h5-7,12-13,15-16H,3-4,14H2,1-2H3/t12-,13+/m1/s1. The summed E-state index contributed by atoms with van der Waals surface area (Å²) < 4.78 is 10.4. The highest BCUT2D eigenvalue weighted by molar-refractivity contribution is 5.52. The van der Waals surface area contributed by atoms with Gasteiger partial charge in [-0.2, -0.15) is 0 Å². The van der Waals surface area contributed by atoms with Crippen molar-refractivity contribution in [2.24, 2.45) is 11.7 Å². The second-order valence-corrected chi connectivity index (χ2v) is 4.62. The monoisotopic (exact) mass is 253 g/mol. The van der Waals surface area contributed by atoms with Crippen molar-refractivity contribution in [3.63, 3.8) is 0 Å². The van der Waals surface area contributed by atoms with Gasteiger partial charge < -0.3 is 25.4 Å². The Labute approximate surface area is 106 Å². The first-order valence-electron chi connectivity index (χ1n) is 5.97. The van der Waals surface area contributed by atoms with Gasteiger partial charge in [-0.3, -0.25) is 0 Å². The number of methoxy groups -OCH3 is 2. The molecule has 5 heteroatoms. The predicted octanol–water partition coefficient (Wildman–Crippen LogP) is 1.18. The van der Waals surface area contributed by atoms with Crippen molar-refractivity contribution in [1.29, 1.82) is 0 Å². The van der Waals surface area contributed by atoms with Gasteiger partial charge >= 0.3 is 0 Å². The van der Waals surface area contributed by atoms with Gasteiger partial charge in [0.25, 0.3) is 0 Å². The smallest absolute Gasteiger partial charge is 0.131 e. The maximum absolute atomic E-state index is 10.1. The van der Waals surface area contributed by atoms with Crippen LogP contribution in [-0.2, 0) is 0 Å². The molecule has 0 unspecified atom stereocenters. The Morgan fingerprint density at radius 3 is 2.11 bits per heavy atom. The number of phenolic OH excluding ortho intramolecular Hbond substituents is 1. The minimum atomic E-state index is -0.614. The molecule has 2 rings (SSSR count). The minimum Gasteiger partial charge on any atom is -0.508 e. The summed E-state index contributed by atoms with van der Waals surface area (Å²) >= 11 is 0. The SMILES string of the molecule is COc1cc(O)cc(OC)c1[C@@H](N)[C@@H](O)C1CC1. The van der Waals surface area contributed by atoms with Crippen molar-refractivity contribution >= 4 is 0 Å². The summed E-state index contributed by atoms with van der Waals surface area (Å²) in [6.45, 7) is 0. The topological polar surface area (TPSA) is 84.9 Å². The maximum atomic E-state index is 10.1. The molecule has 4 N–H and O–H groups in total. The molecule has 0 radical (unpaired) electrons. The summed E-state index contributed by atoms with van der Waals surface area (Å²) in [5, 5.41) is 19.7. The molecule has 0 spiro atoms. The zero-order valence-electron chi connectivity index (χ0n) is 10.6. The van der Waals surface area contributed by atoms with Crippen molar-refractivity contribution in [1.82, 2.24) is 0 Å². The first-order valence-corrected chi connectivity index (χ1v) is 5.97. The number of aromatic hydroxyl groups is 1. The lowest BCUT2D eigenvalue weighted by molar-refractivity contribution is 0.120. The first-order chi connectivity index (χ1) is 8.58.